The first-order valence-electron chi connectivity index (χ1n) is 13.7. The predicted octanol–water partition coefficient (Wildman–Crippen LogP) is 5.96. The van der Waals surface area contributed by atoms with E-state index in [2.05, 4.69) is 21.2 Å². The van der Waals surface area contributed by atoms with Gasteiger partial charge in [-0.1, -0.05) is 65.0 Å². The van der Waals surface area contributed by atoms with Crippen LogP contribution in [0.15, 0.2) is 82.2 Å². The summed E-state index contributed by atoms with van der Waals surface area (Å²) in [6.45, 7) is 3.04. The number of aryl methyl sites for hydroxylation is 1. The summed E-state index contributed by atoms with van der Waals surface area (Å²) in [5, 5.41) is 3.09. The van der Waals surface area contributed by atoms with Gasteiger partial charge in [-0.25, -0.2) is 12.8 Å². The fraction of sp³-hybridized carbons (Fsp3) is 0.355. The maximum absolute atomic E-state index is 14.0. The van der Waals surface area contributed by atoms with Crippen molar-refractivity contribution in [3.05, 3.63) is 94.2 Å². The van der Waals surface area contributed by atoms with Crippen molar-refractivity contribution in [1.29, 1.82) is 0 Å². The van der Waals surface area contributed by atoms with E-state index in [0.29, 0.717) is 0 Å². The highest BCUT2D eigenvalue weighted by Gasteiger charge is 2.33. The van der Waals surface area contributed by atoms with Gasteiger partial charge in [0.1, 0.15) is 18.4 Å². The van der Waals surface area contributed by atoms with E-state index in [0.717, 1.165) is 64.1 Å². The van der Waals surface area contributed by atoms with E-state index >= 15 is 0 Å². The lowest BCUT2D eigenvalue weighted by Crippen LogP contribution is -2.53. The van der Waals surface area contributed by atoms with E-state index in [1.807, 2.05) is 31.2 Å². The van der Waals surface area contributed by atoms with Crippen LogP contribution in [0.5, 0.6) is 0 Å². The average molecular weight is 645 g/mol. The van der Waals surface area contributed by atoms with Crippen LogP contribution in [-0.2, 0) is 26.2 Å². The number of halogens is 2. The second-order valence-electron chi connectivity index (χ2n) is 10.5. The molecule has 1 atom stereocenters. The largest absolute Gasteiger partial charge is 0.352 e. The van der Waals surface area contributed by atoms with E-state index in [4.69, 9.17) is 0 Å². The predicted molar refractivity (Wildman–Crippen MR) is 161 cm³/mol. The van der Waals surface area contributed by atoms with Crippen molar-refractivity contribution in [2.75, 3.05) is 10.8 Å². The van der Waals surface area contributed by atoms with Crippen LogP contribution in [0.25, 0.3) is 0 Å². The minimum atomic E-state index is -4.20. The summed E-state index contributed by atoms with van der Waals surface area (Å²) in [5.41, 5.74) is 1.81. The Balaban J connectivity index is 1.66. The second-order valence-corrected chi connectivity index (χ2v) is 13.2. The Morgan fingerprint density at radius 3 is 2.17 bits per heavy atom. The van der Waals surface area contributed by atoms with E-state index in [9.17, 15) is 22.4 Å². The first-order chi connectivity index (χ1) is 19.5. The van der Waals surface area contributed by atoms with Gasteiger partial charge in [0.25, 0.3) is 10.0 Å². The monoisotopic (exact) mass is 643 g/mol. The topological polar surface area (TPSA) is 86.8 Å². The third-order valence-corrected chi connectivity index (χ3v) is 9.70. The molecule has 3 aromatic carbocycles. The Hall–Kier alpha value is -3.24. The number of carbonyl (C=O) groups excluding carboxylic acids is 2. The molecule has 1 aliphatic carbocycles. The molecule has 41 heavy (non-hydrogen) atoms. The van der Waals surface area contributed by atoms with Crippen LogP contribution in [0.4, 0.5) is 10.1 Å². The molecule has 10 heteroatoms. The molecule has 0 aromatic heterocycles. The van der Waals surface area contributed by atoms with Crippen molar-refractivity contribution in [2.24, 2.45) is 0 Å². The smallest absolute Gasteiger partial charge is 0.264 e. The lowest BCUT2D eigenvalue weighted by Gasteiger charge is -2.33. The molecule has 7 nitrogen and oxygen atoms in total. The number of benzene rings is 3. The van der Waals surface area contributed by atoms with Crippen molar-refractivity contribution in [3.8, 4) is 0 Å². The molecule has 1 N–H and O–H groups in total. The number of amides is 2. The summed E-state index contributed by atoms with van der Waals surface area (Å²) in [5.74, 6) is -1.37. The molecule has 0 aliphatic heterocycles. The molecule has 1 saturated carbocycles. The summed E-state index contributed by atoms with van der Waals surface area (Å²) >= 11 is 3.42. The van der Waals surface area contributed by atoms with Crippen LogP contribution in [0.1, 0.15) is 50.2 Å². The van der Waals surface area contributed by atoms with E-state index in [1.54, 1.807) is 19.1 Å². The van der Waals surface area contributed by atoms with Gasteiger partial charge in [-0.05, 0) is 80.8 Å². The van der Waals surface area contributed by atoms with Gasteiger partial charge in [0.05, 0.1) is 10.6 Å². The Labute approximate surface area is 249 Å². The number of carbonyl (C=O) groups is 2. The van der Waals surface area contributed by atoms with Crippen molar-refractivity contribution < 1.29 is 22.4 Å². The summed E-state index contributed by atoms with van der Waals surface area (Å²) in [6.07, 6.45) is 5.03. The SMILES string of the molecule is Cc1ccc(S(=O)(=O)N(CC(=O)N(Cc2ccc(Br)cc2)[C@H](C)C(=O)NC2CCCCC2)c2ccc(F)cc2)cc1. The highest BCUT2D eigenvalue weighted by Crippen LogP contribution is 2.26. The van der Waals surface area contributed by atoms with E-state index in [-0.39, 0.29) is 29.1 Å². The van der Waals surface area contributed by atoms with Crippen LogP contribution in [0, 0.1) is 12.7 Å². The van der Waals surface area contributed by atoms with Gasteiger partial charge < -0.3 is 10.2 Å². The van der Waals surface area contributed by atoms with E-state index < -0.39 is 34.3 Å². The third-order valence-electron chi connectivity index (χ3n) is 7.39. The summed E-state index contributed by atoms with van der Waals surface area (Å²) in [4.78, 5) is 28.8. The second kappa shape index (κ2) is 13.6. The van der Waals surface area contributed by atoms with Crippen molar-refractivity contribution >= 4 is 43.5 Å². The van der Waals surface area contributed by atoms with Gasteiger partial charge in [-0.3, -0.25) is 13.9 Å². The number of hydrogen-bond donors (Lipinski definition) is 1. The van der Waals surface area contributed by atoms with Crippen LogP contribution in [0.3, 0.4) is 0 Å². The zero-order chi connectivity index (χ0) is 29.6. The van der Waals surface area contributed by atoms with Crippen LogP contribution in [0.2, 0.25) is 0 Å². The molecule has 0 saturated heterocycles. The minimum absolute atomic E-state index is 0.00257. The molecule has 3 aromatic rings. The summed E-state index contributed by atoms with van der Waals surface area (Å²) in [6, 6.07) is 17.8. The van der Waals surface area contributed by atoms with Crippen LogP contribution < -0.4 is 9.62 Å². The normalized spacial score (nSPS) is 14.7. The van der Waals surface area contributed by atoms with Gasteiger partial charge in [0, 0.05) is 17.1 Å². The fourth-order valence-electron chi connectivity index (χ4n) is 4.91. The number of nitrogens with one attached hydrogen (secondary N) is 1. The Morgan fingerprint density at radius 2 is 1.56 bits per heavy atom. The first-order valence-corrected chi connectivity index (χ1v) is 16.0. The maximum atomic E-state index is 14.0. The minimum Gasteiger partial charge on any atom is -0.352 e. The molecule has 0 heterocycles. The van der Waals surface area contributed by atoms with Gasteiger partial charge >= 0.3 is 0 Å². The van der Waals surface area contributed by atoms with Gasteiger partial charge in [-0.2, -0.15) is 0 Å². The fourth-order valence-corrected chi connectivity index (χ4v) is 6.59. The molecule has 0 bridgehead atoms. The highest BCUT2D eigenvalue weighted by molar-refractivity contribution is 9.10. The van der Waals surface area contributed by atoms with E-state index in [1.165, 1.54) is 29.2 Å². The number of sulfonamides is 1. The molecular formula is C31H35BrFN3O4S. The molecule has 1 aliphatic rings. The van der Waals surface area contributed by atoms with Crippen LogP contribution in [-0.4, -0.2) is 43.8 Å². The van der Waals surface area contributed by atoms with Gasteiger partial charge in [0.15, 0.2) is 0 Å². The Bertz CT molecular complexity index is 1440. The lowest BCUT2D eigenvalue weighted by molar-refractivity contribution is -0.139. The molecule has 4 rings (SSSR count). The lowest BCUT2D eigenvalue weighted by atomic mass is 9.95. The van der Waals surface area contributed by atoms with Crippen LogP contribution >= 0.6 is 15.9 Å². The summed E-state index contributed by atoms with van der Waals surface area (Å²) in [7, 11) is -4.20. The molecule has 0 unspecified atom stereocenters. The van der Waals surface area contributed by atoms with Gasteiger partial charge in [-0.15, -0.1) is 0 Å². The molecular weight excluding hydrogens is 609 g/mol. The Morgan fingerprint density at radius 1 is 0.951 bits per heavy atom. The summed E-state index contributed by atoms with van der Waals surface area (Å²) < 4.78 is 43.3. The average Bonchev–Trinajstić information content (AvgIpc) is 2.96. The van der Waals surface area contributed by atoms with Gasteiger partial charge in [0.2, 0.25) is 11.8 Å². The standard InChI is InChI=1S/C31H35BrFN3O4S/c1-22-8-18-29(19-9-22)41(39,40)36(28-16-14-26(33)15-17-28)21-30(37)35(20-24-10-12-25(32)13-11-24)23(2)31(38)34-27-6-4-3-5-7-27/h8-19,23,27H,3-7,20-21H2,1-2H3,(H,34,38)/t23-/m1/s1. The third kappa shape index (κ3) is 7.95. The Kier molecular flexibility index (Phi) is 10.2. The van der Waals surface area contributed by atoms with Crippen molar-refractivity contribution in [1.82, 2.24) is 10.2 Å². The number of anilines is 1. The zero-order valence-corrected chi connectivity index (χ0v) is 25.6. The molecule has 1 fully saturated rings. The number of nitrogens with zero attached hydrogens (tertiary/aromatic N) is 2. The molecule has 2 amide bonds. The van der Waals surface area contributed by atoms with Crippen molar-refractivity contribution in [2.45, 2.75) is 69.5 Å². The highest BCUT2D eigenvalue weighted by atomic mass is 79.9. The maximum Gasteiger partial charge on any atom is 0.264 e. The molecule has 0 spiro atoms. The van der Waals surface area contributed by atoms with Crippen molar-refractivity contribution in [3.63, 3.8) is 0 Å². The first kappa shape index (κ1) is 30.7. The zero-order valence-electron chi connectivity index (χ0n) is 23.2. The number of rotatable bonds is 10. The molecule has 218 valence electrons. The quantitative estimate of drug-likeness (QED) is 0.295. The molecule has 0 radical (unpaired) electrons. The number of hydrogen-bond acceptors (Lipinski definition) is 4.